The fourth-order valence-electron chi connectivity index (χ4n) is 7.33. The zero-order valence-corrected chi connectivity index (χ0v) is 32.3. The third-order valence-electron chi connectivity index (χ3n) is 10.1. The molecule has 0 aliphatic rings. The van der Waals surface area contributed by atoms with Gasteiger partial charge >= 0.3 is 0 Å². The average Bonchev–Trinajstić information content (AvgIpc) is 3.57. The molecule has 0 saturated heterocycles. The predicted molar refractivity (Wildman–Crippen MR) is 245 cm³/mol. The van der Waals surface area contributed by atoms with E-state index in [-0.39, 0.29) is 33.7 Å². The molecule has 0 aliphatic carbocycles. The van der Waals surface area contributed by atoms with E-state index in [4.69, 9.17) is 15.7 Å². The van der Waals surface area contributed by atoms with E-state index >= 15 is 0 Å². The molecule has 0 atom stereocenters. The molecule has 0 fully saturated rings. The lowest BCUT2D eigenvalue weighted by Crippen LogP contribution is -2.24. The second-order valence-corrected chi connectivity index (χ2v) is 13.7. The quantitative estimate of drug-likeness (QED) is 0.0790. The van der Waals surface area contributed by atoms with E-state index < -0.39 is 0 Å². The Morgan fingerprint density at radius 3 is 2.02 bits per heavy atom. The van der Waals surface area contributed by atoms with Crippen molar-refractivity contribution in [2.24, 2.45) is 0 Å². The molecule has 4 nitrogen and oxygen atoms in total. The number of aromatic hydroxyl groups is 2. The number of fused-ring (bicyclic) bond motifs is 3. The topological polar surface area (TPSA) is 48.6 Å². The Morgan fingerprint density at radius 2 is 1.30 bits per heavy atom. The average molecular weight is 737 g/mol. The first-order chi connectivity index (χ1) is 27.8. The van der Waals surface area contributed by atoms with Gasteiger partial charge in [0.05, 0.1) is 16.7 Å². The SMILES string of the molecule is [B]c1c(O)c(N(/C=C/C=C(\C=C/C)c2ccccc2)c2ccc(C(/C=C\C=C\n3c4ccccc4c4c(C)cccc43)=C/C)cc2)c([B])c(O)c1-c1ccccc1. The van der Waals surface area contributed by atoms with Gasteiger partial charge in [-0.3, -0.25) is 0 Å². The molecule has 274 valence electrons. The monoisotopic (exact) mass is 736 g/mol. The van der Waals surface area contributed by atoms with Crippen molar-refractivity contribution < 1.29 is 10.2 Å². The van der Waals surface area contributed by atoms with E-state index in [9.17, 15) is 10.2 Å². The van der Waals surface area contributed by atoms with E-state index in [2.05, 4.69) is 96.6 Å². The number of hydrogen-bond acceptors (Lipinski definition) is 3. The van der Waals surface area contributed by atoms with Crippen molar-refractivity contribution in [3.05, 3.63) is 199 Å². The van der Waals surface area contributed by atoms with Gasteiger partial charge in [0.15, 0.2) is 0 Å². The number of anilines is 2. The van der Waals surface area contributed by atoms with Crippen LogP contribution >= 0.6 is 0 Å². The summed E-state index contributed by atoms with van der Waals surface area (Å²) in [6, 6.07) is 42.1. The van der Waals surface area contributed by atoms with Crippen LogP contribution in [0.4, 0.5) is 11.4 Å². The molecule has 0 saturated carbocycles. The molecule has 0 unspecified atom stereocenters. The van der Waals surface area contributed by atoms with Gasteiger partial charge in [-0.1, -0.05) is 140 Å². The van der Waals surface area contributed by atoms with Crippen LogP contribution in [0, 0.1) is 6.92 Å². The second-order valence-electron chi connectivity index (χ2n) is 13.7. The van der Waals surface area contributed by atoms with Crippen LogP contribution in [0.5, 0.6) is 11.5 Å². The number of aromatic nitrogens is 1. The number of allylic oxidation sites excluding steroid dienone is 10. The van der Waals surface area contributed by atoms with Crippen LogP contribution in [-0.2, 0) is 0 Å². The van der Waals surface area contributed by atoms with Crippen molar-refractivity contribution in [2.75, 3.05) is 4.90 Å². The molecule has 6 heteroatoms. The number of phenols is 2. The van der Waals surface area contributed by atoms with Crippen LogP contribution in [0.1, 0.15) is 30.5 Å². The number of phenolic OH excluding ortho intramolecular Hbond substituents is 2. The largest absolute Gasteiger partial charge is 0.508 e. The predicted octanol–water partition coefficient (Wildman–Crippen LogP) is 11.2. The number of nitrogens with zero attached hydrogens (tertiary/aromatic N) is 2. The van der Waals surface area contributed by atoms with Gasteiger partial charge in [0.2, 0.25) is 0 Å². The molecule has 1 aromatic heterocycles. The molecule has 0 amide bonds. The number of aryl methyl sites for hydroxylation is 1. The van der Waals surface area contributed by atoms with Crippen LogP contribution in [-0.4, -0.2) is 30.5 Å². The van der Waals surface area contributed by atoms with Crippen molar-refractivity contribution in [1.82, 2.24) is 4.57 Å². The molecule has 0 aliphatic heterocycles. The minimum atomic E-state index is -0.235. The first-order valence-corrected chi connectivity index (χ1v) is 19.0. The summed E-state index contributed by atoms with van der Waals surface area (Å²) in [4.78, 5) is 1.75. The Kier molecular flexibility index (Phi) is 11.6. The standard InChI is InChI=1S/C51H42B2N2O2/c1-4-18-37(38-21-8-6-9-22-38)25-17-34-54(49-48(53)50(56)46(47(52)51(49)57)40-23-10-7-11-24-40)41-31-29-39(30-32-41)36(5-2)20-14-15-33-55-43-27-13-12-26-42(43)45-35(3)19-16-28-44(45)55/h4-34,56-57H,1-3H3/b18-4-,20-14-,33-15+,34-17+,36-5+,37-25+. The van der Waals surface area contributed by atoms with Crippen LogP contribution < -0.4 is 15.8 Å². The van der Waals surface area contributed by atoms with Crippen LogP contribution in [0.25, 0.3) is 50.3 Å². The molecule has 7 aromatic rings. The van der Waals surface area contributed by atoms with Crippen molar-refractivity contribution in [1.29, 1.82) is 0 Å². The number of benzene rings is 6. The summed E-state index contributed by atoms with van der Waals surface area (Å²) in [7, 11) is 13.2. The van der Waals surface area contributed by atoms with Gasteiger partial charge in [-0.25, -0.2) is 0 Å². The van der Waals surface area contributed by atoms with Crippen molar-refractivity contribution in [3.8, 4) is 22.6 Å². The van der Waals surface area contributed by atoms with Crippen LogP contribution in [0.15, 0.2) is 182 Å². The summed E-state index contributed by atoms with van der Waals surface area (Å²) in [5.41, 5.74) is 9.49. The zero-order valence-electron chi connectivity index (χ0n) is 32.3. The summed E-state index contributed by atoms with van der Waals surface area (Å²) in [5, 5.41) is 25.7. The van der Waals surface area contributed by atoms with Crippen molar-refractivity contribution in [2.45, 2.75) is 20.8 Å². The van der Waals surface area contributed by atoms with E-state index in [1.807, 2.05) is 117 Å². The van der Waals surface area contributed by atoms with E-state index in [1.165, 1.54) is 21.9 Å². The maximum atomic E-state index is 11.7. The Hall–Kier alpha value is -6.91. The highest BCUT2D eigenvalue weighted by atomic mass is 16.3. The van der Waals surface area contributed by atoms with Gasteiger partial charge in [-0.15, -0.1) is 0 Å². The van der Waals surface area contributed by atoms with Gasteiger partial charge in [0, 0.05) is 34.4 Å². The summed E-state index contributed by atoms with van der Waals surface area (Å²) in [6.45, 7) is 6.15. The van der Waals surface area contributed by atoms with Crippen molar-refractivity contribution >= 4 is 77.1 Å². The molecule has 6 aromatic carbocycles. The molecular formula is C51H42B2N2O2. The third-order valence-corrected chi connectivity index (χ3v) is 10.1. The van der Waals surface area contributed by atoms with Gasteiger partial charge in [0.25, 0.3) is 0 Å². The fourth-order valence-corrected chi connectivity index (χ4v) is 7.33. The molecule has 7 rings (SSSR count). The summed E-state index contributed by atoms with van der Waals surface area (Å²) in [5.74, 6) is -0.442. The first-order valence-electron chi connectivity index (χ1n) is 19.0. The highest BCUT2D eigenvalue weighted by molar-refractivity contribution is 6.45. The summed E-state index contributed by atoms with van der Waals surface area (Å²) < 4.78 is 2.24. The van der Waals surface area contributed by atoms with Crippen LogP contribution in [0.2, 0.25) is 0 Å². The number of rotatable bonds is 11. The van der Waals surface area contributed by atoms with Crippen LogP contribution in [0.3, 0.4) is 0 Å². The Labute approximate surface area is 337 Å². The normalized spacial score (nSPS) is 12.7. The lowest BCUT2D eigenvalue weighted by Gasteiger charge is -2.27. The zero-order chi connectivity index (χ0) is 39.9. The second kappa shape index (κ2) is 17.3. The smallest absolute Gasteiger partial charge is 0.132 e. The van der Waals surface area contributed by atoms with Gasteiger partial charge in [-0.05, 0) is 102 Å². The van der Waals surface area contributed by atoms with E-state index in [1.54, 1.807) is 4.90 Å². The molecule has 0 bridgehead atoms. The highest BCUT2D eigenvalue weighted by Gasteiger charge is 2.23. The first kappa shape index (κ1) is 38.4. The minimum absolute atomic E-state index is 0.00253. The number of para-hydroxylation sites is 1. The summed E-state index contributed by atoms with van der Waals surface area (Å²) in [6.07, 6.45) is 20.1. The Bertz CT molecular complexity index is 2710. The molecule has 2 N–H and O–H groups in total. The molecule has 57 heavy (non-hydrogen) atoms. The fraction of sp³-hybridized carbons (Fsp3) is 0.0588. The maximum absolute atomic E-state index is 11.7. The maximum Gasteiger partial charge on any atom is 0.132 e. The molecule has 0 spiro atoms. The Balaban J connectivity index is 1.24. The van der Waals surface area contributed by atoms with E-state index in [0.29, 0.717) is 11.3 Å². The molecule has 4 radical (unpaired) electrons. The Morgan fingerprint density at radius 1 is 0.632 bits per heavy atom. The van der Waals surface area contributed by atoms with Gasteiger partial charge in [-0.2, -0.15) is 0 Å². The van der Waals surface area contributed by atoms with Gasteiger partial charge < -0.3 is 19.7 Å². The minimum Gasteiger partial charge on any atom is -0.508 e. The molecule has 1 heterocycles. The lowest BCUT2D eigenvalue weighted by molar-refractivity contribution is 0.470. The number of hydrogen-bond donors (Lipinski definition) is 2. The summed E-state index contributed by atoms with van der Waals surface area (Å²) >= 11 is 0. The van der Waals surface area contributed by atoms with Gasteiger partial charge in [0.1, 0.15) is 27.2 Å². The molecular weight excluding hydrogens is 694 g/mol. The third kappa shape index (κ3) is 7.81. The van der Waals surface area contributed by atoms with Crippen molar-refractivity contribution in [3.63, 3.8) is 0 Å². The van der Waals surface area contributed by atoms with E-state index in [0.717, 1.165) is 27.8 Å². The highest BCUT2D eigenvalue weighted by Crippen LogP contribution is 2.38. The lowest BCUT2D eigenvalue weighted by atomic mass is 9.78.